The van der Waals surface area contributed by atoms with Crippen molar-refractivity contribution >= 4 is 31.4 Å². The molecule has 86 valence electrons. The topological polar surface area (TPSA) is 6.48 Å². The van der Waals surface area contributed by atoms with Gasteiger partial charge in [0, 0.05) is 26.2 Å². The Hall–Kier alpha value is 0.930. The Morgan fingerprint density at radius 3 is 1.29 bits per heavy atom. The molecule has 0 heterocycles. The largest absolute Gasteiger partial charge is 0.268 e. The first-order valence-corrected chi connectivity index (χ1v) is 7.38. The molecule has 0 unspecified atom stereocenters. The molecule has 5 heteroatoms. The van der Waals surface area contributed by atoms with Crippen LogP contribution in [0.4, 0.5) is 0 Å². The van der Waals surface area contributed by atoms with Crippen LogP contribution in [0.2, 0.25) is 0 Å². The lowest BCUT2D eigenvalue weighted by Gasteiger charge is -2.38. The van der Waals surface area contributed by atoms with Crippen LogP contribution in [0.3, 0.4) is 0 Å². The second-order valence-corrected chi connectivity index (χ2v) is 6.87. The van der Waals surface area contributed by atoms with Gasteiger partial charge in [0.15, 0.2) is 4.58 Å². The zero-order chi connectivity index (χ0) is 11.1. The van der Waals surface area contributed by atoms with E-state index in [1.165, 1.54) is 0 Å². The molecule has 0 aromatic carbocycles. The molecule has 14 heavy (non-hydrogen) atoms. The van der Waals surface area contributed by atoms with E-state index in [0.29, 0.717) is 0 Å². The SMILES string of the molecule is CCN(CC)P(C(Cl)Cl)N(CC)CC. The molecule has 0 aliphatic rings. The third kappa shape index (κ3) is 4.20. The predicted molar refractivity (Wildman–Crippen MR) is 68.3 cm³/mol. The molecule has 0 radical (unpaired) electrons. The summed E-state index contributed by atoms with van der Waals surface area (Å²) < 4.78 is 4.42. The van der Waals surface area contributed by atoms with Crippen molar-refractivity contribution in [2.24, 2.45) is 0 Å². The average Bonchev–Trinajstić information content (AvgIpc) is 2.18. The third-order valence-corrected chi connectivity index (χ3v) is 5.90. The van der Waals surface area contributed by atoms with Crippen LogP contribution in [-0.2, 0) is 0 Å². The third-order valence-electron chi connectivity index (χ3n) is 2.21. The highest BCUT2D eigenvalue weighted by molar-refractivity contribution is 7.57. The fourth-order valence-corrected chi connectivity index (χ4v) is 4.94. The first-order chi connectivity index (χ1) is 6.62. The number of nitrogens with zero attached hydrogens (tertiary/aromatic N) is 2. The number of hydrogen-bond acceptors (Lipinski definition) is 2. The van der Waals surface area contributed by atoms with Gasteiger partial charge in [-0.1, -0.05) is 50.9 Å². The lowest BCUT2D eigenvalue weighted by atomic mass is 10.7. The monoisotopic (exact) mass is 258 g/mol. The Balaban J connectivity index is 4.54. The van der Waals surface area contributed by atoms with Crippen molar-refractivity contribution in [3.8, 4) is 0 Å². The molecule has 0 atom stereocenters. The summed E-state index contributed by atoms with van der Waals surface area (Å²) in [6, 6.07) is 0. The second-order valence-electron chi connectivity index (χ2n) is 2.88. The van der Waals surface area contributed by atoms with E-state index >= 15 is 0 Å². The van der Waals surface area contributed by atoms with E-state index < -0.39 is 8.22 Å². The highest BCUT2D eigenvalue weighted by Crippen LogP contribution is 2.51. The van der Waals surface area contributed by atoms with Crippen molar-refractivity contribution in [1.82, 2.24) is 9.34 Å². The molecule has 0 aliphatic heterocycles. The summed E-state index contributed by atoms with van der Waals surface area (Å²) in [5, 5.41) is 0. The van der Waals surface area contributed by atoms with Gasteiger partial charge in [0.05, 0.1) is 8.22 Å². The fourth-order valence-electron chi connectivity index (χ4n) is 1.45. The minimum Gasteiger partial charge on any atom is -0.268 e. The van der Waals surface area contributed by atoms with Crippen molar-refractivity contribution in [3.63, 3.8) is 0 Å². The van der Waals surface area contributed by atoms with Gasteiger partial charge < -0.3 is 0 Å². The number of alkyl halides is 2. The maximum atomic E-state index is 6.06. The maximum absolute atomic E-state index is 6.06. The van der Waals surface area contributed by atoms with E-state index in [2.05, 4.69) is 37.0 Å². The van der Waals surface area contributed by atoms with Crippen LogP contribution in [0.15, 0.2) is 0 Å². The summed E-state index contributed by atoms with van der Waals surface area (Å²) in [5.41, 5.74) is 0. The van der Waals surface area contributed by atoms with Gasteiger partial charge in [-0.3, -0.25) is 9.34 Å². The molecule has 0 bridgehead atoms. The summed E-state index contributed by atoms with van der Waals surface area (Å²) in [6.07, 6.45) is 0. The van der Waals surface area contributed by atoms with Gasteiger partial charge in [-0.15, -0.1) is 0 Å². The van der Waals surface area contributed by atoms with Crippen LogP contribution >= 0.6 is 31.4 Å². The molecule has 0 saturated heterocycles. The first kappa shape index (κ1) is 14.9. The molecule has 0 spiro atoms. The Labute approximate surface area is 99.4 Å². The van der Waals surface area contributed by atoms with Gasteiger partial charge in [-0.2, -0.15) is 0 Å². The Bertz CT molecular complexity index is 127. The molecule has 0 amide bonds. The minimum absolute atomic E-state index is 0.287. The number of halogens is 2. The van der Waals surface area contributed by atoms with Gasteiger partial charge in [0.2, 0.25) is 0 Å². The van der Waals surface area contributed by atoms with Crippen molar-refractivity contribution in [2.75, 3.05) is 26.2 Å². The van der Waals surface area contributed by atoms with Gasteiger partial charge >= 0.3 is 0 Å². The van der Waals surface area contributed by atoms with E-state index in [1.54, 1.807) is 0 Å². The van der Waals surface area contributed by atoms with Gasteiger partial charge in [-0.05, 0) is 0 Å². The van der Waals surface area contributed by atoms with E-state index in [0.717, 1.165) is 26.2 Å². The van der Waals surface area contributed by atoms with Crippen molar-refractivity contribution in [1.29, 1.82) is 0 Å². The van der Waals surface area contributed by atoms with E-state index in [-0.39, 0.29) is 4.58 Å². The van der Waals surface area contributed by atoms with Crippen LogP contribution in [-0.4, -0.2) is 40.1 Å². The molecule has 0 rings (SSSR count). The lowest BCUT2D eigenvalue weighted by molar-refractivity contribution is 0.424. The highest BCUT2D eigenvalue weighted by Gasteiger charge is 2.27. The number of rotatable bonds is 7. The van der Waals surface area contributed by atoms with E-state index in [9.17, 15) is 0 Å². The van der Waals surface area contributed by atoms with Crippen LogP contribution in [0.5, 0.6) is 0 Å². The van der Waals surface area contributed by atoms with Crippen LogP contribution in [0.1, 0.15) is 27.7 Å². The van der Waals surface area contributed by atoms with E-state index in [1.807, 2.05) is 0 Å². The molecule has 0 aliphatic carbocycles. The second kappa shape index (κ2) is 8.13. The Morgan fingerprint density at radius 1 is 0.857 bits per heavy atom. The predicted octanol–water partition coefficient (Wildman–Crippen LogP) is 3.74. The normalized spacial score (nSPS) is 12.4. The zero-order valence-electron chi connectivity index (χ0n) is 9.50. The summed E-state index contributed by atoms with van der Waals surface area (Å²) in [5.74, 6) is 0. The van der Waals surface area contributed by atoms with Crippen LogP contribution in [0.25, 0.3) is 0 Å². The smallest absolute Gasteiger partial charge is 0.154 e. The molecular weight excluding hydrogens is 238 g/mol. The molecule has 2 nitrogen and oxygen atoms in total. The quantitative estimate of drug-likeness (QED) is 0.507. The molecule has 0 fully saturated rings. The summed E-state index contributed by atoms with van der Waals surface area (Å²) in [7, 11) is -0.549. The van der Waals surface area contributed by atoms with Crippen molar-refractivity contribution < 1.29 is 0 Å². The Morgan fingerprint density at radius 2 is 1.14 bits per heavy atom. The van der Waals surface area contributed by atoms with E-state index in [4.69, 9.17) is 23.2 Å². The fraction of sp³-hybridized carbons (Fsp3) is 1.00. The van der Waals surface area contributed by atoms with Crippen molar-refractivity contribution in [2.45, 2.75) is 32.3 Å². The zero-order valence-corrected chi connectivity index (χ0v) is 11.9. The average molecular weight is 259 g/mol. The molecule has 0 saturated carbocycles. The van der Waals surface area contributed by atoms with Crippen molar-refractivity contribution in [3.05, 3.63) is 0 Å². The summed E-state index contributed by atoms with van der Waals surface area (Å²) in [6.45, 7) is 12.6. The molecule has 0 aromatic heterocycles. The lowest BCUT2D eigenvalue weighted by Crippen LogP contribution is -2.31. The van der Waals surface area contributed by atoms with Crippen LogP contribution in [0, 0.1) is 0 Å². The van der Waals surface area contributed by atoms with Gasteiger partial charge in [-0.25, -0.2) is 0 Å². The Kier molecular flexibility index (Phi) is 8.66. The minimum atomic E-state index is -0.549. The first-order valence-electron chi connectivity index (χ1n) is 5.19. The molecule has 0 aromatic rings. The summed E-state index contributed by atoms with van der Waals surface area (Å²) in [4.78, 5) is 0. The molecular formula is C9H21Cl2N2P. The maximum Gasteiger partial charge on any atom is 0.154 e. The van der Waals surface area contributed by atoms with Gasteiger partial charge in [0.25, 0.3) is 0 Å². The molecule has 0 N–H and O–H groups in total. The summed E-state index contributed by atoms with van der Waals surface area (Å²) >= 11 is 12.1. The van der Waals surface area contributed by atoms with Crippen LogP contribution < -0.4 is 0 Å². The highest BCUT2D eigenvalue weighted by atomic mass is 35.5. The number of hydrogen-bond donors (Lipinski definition) is 0. The standard InChI is InChI=1S/C9H21Cl2N2P/c1-5-12(6-2)14(9(10)11)13(7-3)8-4/h9H,5-8H2,1-4H3. The van der Waals surface area contributed by atoms with Gasteiger partial charge in [0.1, 0.15) is 0 Å².